The zero-order valence-electron chi connectivity index (χ0n) is 16.4. The highest BCUT2D eigenvalue weighted by Gasteiger charge is 2.25. The topological polar surface area (TPSA) is 105 Å². The number of nitriles is 1. The van der Waals surface area contributed by atoms with Crippen molar-refractivity contribution in [3.8, 4) is 6.07 Å². The number of nitrogens with zero attached hydrogens (tertiary/aromatic N) is 4. The Morgan fingerprint density at radius 2 is 1.87 bits per heavy atom. The number of para-hydroxylation sites is 2. The molecule has 3 rings (SSSR count). The minimum atomic E-state index is -1.08. The van der Waals surface area contributed by atoms with Gasteiger partial charge in [-0.2, -0.15) is 5.26 Å². The van der Waals surface area contributed by atoms with Crippen LogP contribution in [0.15, 0.2) is 65.7 Å². The van der Waals surface area contributed by atoms with Gasteiger partial charge < -0.3 is 9.64 Å². The van der Waals surface area contributed by atoms with Crippen molar-refractivity contribution < 1.29 is 14.3 Å². The lowest BCUT2D eigenvalue weighted by molar-refractivity contribution is -0.154. The highest BCUT2D eigenvalue weighted by atomic mass is 16.5. The smallest absolute Gasteiger partial charge is 0.326 e. The Labute approximate surface area is 172 Å². The highest BCUT2D eigenvalue weighted by molar-refractivity contribution is 5.97. The van der Waals surface area contributed by atoms with Crippen molar-refractivity contribution in [2.75, 3.05) is 11.4 Å². The largest absolute Gasteiger partial charge is 0.451 e. The first kappa shape index (κ1) is 20.7. The maximum Gasteiger partial charge on any atom is 0.326 e. The van der Waals surface area contributed by atoms with E-state index < -0.39 is 18.0 Å². The van der Waals surface area contributed by atoms with Crippen LogP contribution in [-0.4, -0.2) is 34.1 Å². The van der Waals surface area contributed by atoms with E-state index >= 15 is 0 Å². The summed E-state index contributed by atoms with van der Waals surface area (Å²) in [5.74, 6) is -1.18. The number of esters is 1. The summed E-state index contributed by atoms with van der Waals surface area (Å²) in [7, 11) is 0. The first-order valence-electron chi connectivity index (χ1n) is 9.38. The Morgan fingerprint density at radius 3 is 2.60 bits per heavy atom. The first-order chi connectivity index (χ1) is 14.5. The average molecular weight is 404 g/mol. The Bertz CT molecular complexity index is 1150. The van der Waals surface area contributed by atoms with Crippen LogP contribution in [-0.2, 0) is 20.9 Å². The standard InChI is InChI=1S/C22H20N4O4/c1-16(21(28)26(13-7-12-23)17-8-3-2-4-9-17)30-20(27)14-25-15-24-19-11-6-5-10-18(19)22(25)29/h2-6,8-11,15-16H,7,13-14H2,1H3/t16-/m0/s1. The number of amides is 1. The van der Waals surface area contributed by atoms with Gasteiger partial charge in [0.15, 0.2) is 6.10 Å². The van der Waals surface area contributed by atoms with Crippen LogP contribution in [0.1, 0.15) is 13.3 Å². The van der Waals surface area contributed by atoms with Crippen LogP contribution >= 0.6 is 0 Å². The molecule has 0 aliphatic heterocycles. The molecule has 0 N–H and O–H groups in total. The van der Waals surface area contributed by atoms with Gasteiger partial charge in [0.05, 0.1) is 29.7 Å². The van der Waals surface area contributed by atoms with Crippen LogP contribution in [0.5, 0.6) is 0 Å². The summed E-state index contributed by atoms with van der Waals surface area (Å²) < 4.78 is 6.41. The lowest BCUT2D eigenvalue weighted by Gasteiger charge is -2.25. The van der Waals surface area contributed by atoms with E-state index in [4.69, 9.17) is 10.00 Å². The molecule has 3 aromatic rings. The summed E-state index contributed by atoms with van der Waals surface area (Å²) in [6.45, 7) is 1.27. The van der Waals surface area contributed by atoms with Crippen LogP contribution in [0.2, 0.25) is 0 Å². The third-order valence-corrected chi connectivity index (χ3v) is 4.47. The molecule has 2 aromatic carbocycles. The minimum Gasteiger partial charge on any atom is -0.451 e. The van der Waals surface area contributed by atoms with Gasteiger partial charge in [-0.15, -0.1) is 0 Å². The number of rotatable bonds is 7. The molecular formula is C22H20N4O4. The third-order valence-electron chi connectivity index (χ3n) is 4.47. The molecule has 0 saturated heterocycles. The second-order valence-corrected chi connectivity index (χ2v) is 6.56. The fraction of sp³-hybridized carbons (Fsp3) is 0.227. The molecule has 8 nitrogen and oxygen atoms in total. The maximum absolute atomic E-state index is 12.8. The van der Waals surface area contributed by atoms with Crippen LogP contribution in [0.3, 0.4) is 0 Å². The van der Waals surface area contributed by atoms with Crippen molar-refractivity contribution in [2.24, 2.45) is 0 Å². The fourth-order valence-electron chi connectivity index (χ4n) is 3.00. The van der Waals surface area contributed by atoms with Gasteiger partial charge in [0.25, 0.3) is 11.5 Å². The summed E-state index contributed by atoms with van der Waals surface area (Å²) in [6, 6.07) is 17.7. The molecule has 0 unspecified atom stereocenters. The highest BCUT2D eigenvalue weighted by Crippen LogP contribution is 2.16. The average Bonchev–Trinajstić information content (AvgIpc) is 2.76. The second-order valence-electron chi connectivity index (χ2n) is 6.56. The number of carbonyl (C=O) groups excluding carboxylic acids is 2. The number of benzene rings is 2. The molecule has 0 radical (unpaired) electrons. The maximum atomic E-state index is 12.8. The van der Waals surface area contributed by atoms with Gasteiger partial charge in [0.1, 0.15) is 6.54 Å². The lowest BCUT2D eigenvalue weighted by Crippen LogP contribution is -2.41. The summed E-state index contributed by atoms with van der Waals surface area (Å²) in [6.07, 6.45) is 0.335. The van der Waals surface area contributed by atoms with Crippen molar-refractivity contribution in [1.82, 2.24) is 9.55 Å². The van der Waals surface area contributed by atoms with Gasteiger partial charge in [-0.3, -0.25) is 19.0 Å². The summed E-state index contributed by atoms with van der Waals surface area (Å²) >= 11 is 0. The Hall–Kier alpha value is -3.99. The first-order valence-corrected chi connectivity index (χ1v) is 9.38. The molecule has 1 atom stereocenters. The van der Waals surface area contributed by atoms with E-state index in [1.807, 2.05) is 12.1 Å². The summed E-state index contributed by atoms with van der Waals surface area (Å²) in [5.41, 5.74) is 0.777. The Kier molecular flexibility index (Phi) is 6.55. The van der Waals surface area contributed by atoms with Crippen molar-refractivity contribution in [3.63, 3.8) is 0 Å². The molecule has 0 bridgehead atoms. The van der Waals surface area contributed by atoms with E-state index in [1.54, 1.807) is 48.5 Å². The number of ether oxygens (including phenoxy) is 1. The molecule has 152 valence electrons. The van der Waals surface area contributed by atoms with Crippen LogP contribution in [0.25, 0.3) is 10.9 Å². The molecule has 0 saturated carbocycles. The van der Waals surface area contributed by atoms with E-state index in [-0.39, 0.29) is 25.1 Å². The number of aromatic nitrogens is 2. The van der Waals surface area contributed by atoms with Gasteiger partial charge >= 0.3 is 5.97 Å². The van der Waals surface area contributed by atoms with Crippen LogP contribution < -0.4 is 10.5 Å². The molecule has 0 spiro atoms. The molecule has 0 aliphatic carbocycles. The molecular weight excluding hydrogens is 384 g/mol. The Morgan fingerprint density at radius 1 is 1.17 bits per heavy atom. The number of anilines is 1. The van der Waals surface area contributed by atoms with Crippen LogP contribution in [0, 0.1) is 11.3 Å². The zero-order valence-corrected chi connectivity index (χ0v) is 16.4. The number of fused-ring (bicyclic) bond motifs is 1. The van der Waals surface area contributed by atoms with E-state index in [0.717, 1.165) is 4.57 Å². The molecule has 0 aliphatic rings. The van der Waals surface area contributed by atoms with Crippen molar-refractivity contribution in [1.29, 1.82) is 5.26 Å². The van der Waals surface area contributed by atoms with Gasteiger partial charge in [-0.25, -0.2) is 4.98 Å². The van der Waals surface area contributed by atoms with E-state index in [9.17, 15) is 14.4 Å². The fourth-order valence-corrected chi connectivity index (χ4v) is 3.00. The second kappa shape index (κ2) is 9.47. The Balaban J connectivity index is 1.71. The van der Waals surface area contributed by atoms with Crippen molar-refractivity contribution in [2.45, 2.75) is 26.0 Å². The molecule has 30 heavy (non-hydrogen) atoms. The van der Waals surface area contributed by atoms with Gasteiger partial charge in [0, 0.05) is 12.2 Å². The quantitative estimate of drug-likeness (QED) is 0.560. The zero-order chi connectivity index (χ0) is 21.5. The third kappa shape index (κ3) is 4.70. The van der Waals surface area contributed by atoms with E-state index in [2.05, 4.69) is 4.98 Å². The lowest BCUT2D eigenvalue weighted by atomic mass is 10.2. The molecule has 8 heteroatoms. The monoisotopic (exact) mass is 404 g/mol. The van der Waals surface area contributed by atoms with Crippen LogP contribution in [0.4, 0.5) is 5.69 Å². The SMILES string of the molecule is C[C@H](OC(=O)Cn1cnc2ccccc2c1=O)C(=O)N(CCC#N)c1ccccc1. The number of hydrogen-bond acceptors (Lipinski definition) is 6. The van der Waals surface area contributed by atoms with E-state index in [1.165, 1.54) is 18.2 Å². The van der Waals surface area contributed by atoms with Crippen molar-refractivity contribution >= 4 is 28.5 Å². The van der Waals surface area contributed by atoms with Crippen molar-refractivity contribution in [3.05, 3.63) is 71.3 Å². The number of carbonyl (C=O) groups is 2. The minimum absolute atomic E-state index is 0.138. The van der Waals surface area contributed by atoms with Gasteiger partial charge in [-0.05, 0) is 31.2 Å². The molecule has 1 amide bonds. The van der Waals surface area contributed by atoms with E-state index in [0.29, 0.717) is 16.6 Å². The molecule has 0 fully saturated rings. The van der Waals surface area contributed by atoms with Gasteiger partial charge in [-0.1, -0.05) is 30.3 Å². The molecule has 1 aromatic heterocycles. The summed E-state index contributed by atoms with van der Waals surface area (Å²) in [5, 5.41) is 9.27. The predicted molar refractivity (Wildman–Crippen MR) is 111 cm³/mol. The number of hydrogen-bond donors (Lipinski definition) is 0. The predicted octanol–water partition coefficient (Wildman–Crippen LogP) is 2.28. The summed E-state index contributed by atoms with van der Waals surface area (Å²) in [4.78, 5) is 43.3. The molecule has 1 heterocycles. The normalized spacial score (nSPS) is 11.5. The van der Waals surface area contributed by atoms with Gasteiger partial charge in [0.2, 0.25) is 0 Å².